The van der Waals surface area contributed by atoms with Crippen LogP contribution in [0.25, 0.3) is 0 Å². The first kappa shape index (κ1) is 17.3. The highest BCUT2D eigenvalue weighted by Crippen LogP contribution is 2.12. The Morgan fingerprint density at radius 2 is 1.87 bits per heavy atom. The van der Waals surface area contributed by atoms with Crippen LogP contribution in [0.5, 0.6) is 0 Å². The van der Waals surface area contributed by atoms with Gasteiger partial charge in [0, 0.05) is 15.6 Å². The van der Waals surface area contributed by atoms with E-state index in [2.05, 4.69) is 27.9 Å². The van der Waals surface area contributed by atoms with Crippen LogP contribution in [-0.2, 0) is 11.2 Å². The van der Waals surface area contributed by atoms with E-state index in [9.17, 15) is 18.4 Å². The lowest BCUT2D eigenvalue weighted by Crippen LogP contribution is -2.45. The summed E-state index contributed by atoms with van der Waals surface area (Å²) in [5.74, 6) is -3.59. The molecule has 2 aromatic carbocycles. The van der Waals surface area contributed by atoms with E-state index in [4.69, 9.17) is 5.73 Å². The largest absolute Gasteiger partial charge is 0.368 e. The van der Waals surface area contributed by atoms with Gasteiger partial charge >= 0.3 is 0 Å². The molecule has 2 amide bonds. The summed E-state index contributed by atoms with van der Waals surface area (Å²) in [6.45, 7) is 0. The standard InChI is InChI=1S/C16H13F2IN2O2/c17-12-5-4-10(8-13(12)18)16(23)21-14(15(20)22)7-9-2-1-3-11(19)6-9/h1-6,8,14H,7H2,(H2,20,22)(H,21,23)/t14-/m1/s1. The van der Waals surface area contributed by atoms with Crippen molar-refractivity contribution in [3.05, 3.63) is 68.8 Å². The van der Waals surface area contributed by atoms with Gasteiger partial charge < -0.3 is 11.1 Å². The van der Waals surface area contributed by atoms with Gasteiger partial charge in [0.1, 0.15) is 6.04 Å². The van der Waals surface area contributed by atoms with Gasteiger partial charge in [-0.15, -0.1) is 0 Å². The lowest BCUT2D eigenvalue weighted by Gasteiger charge is -2.16. The number of halogens is 3. The Kier molecular flexibility index (Phi) is 5.64. The molecule has 0 heterocycles. The summed E-state index contributed by atoms with van der Waals surface area (Å²) in [5.41, 5.74) is 6.05. The minimum absolute atomic E-state index is 0.0854. The zero-order valence-corrected chi connectivity index (χ0v) is 14.0. The summed E-state index contributed by atoms with van der Waals surface area (Å²) in [6.07, 6.45) is 0.210. The molecule has 0 aliphatic carbocycles. The molecule has 120 valence electrons. The molecule has 2 rings (SSSR count). The number of hydrogen-bond acceptors (Lipinski definition) is 2. The van der Waals surface area contributed by atoms with Crippen LogP contribution in [0.15, 0.2) is 42.5 Å². The number of benzene rings is 2. The zero-order chi connectivity index (χ0) is 17.0. The van der Waals surface area contributed by atoms with Gasteiger partial charge in [-0.2, -0.15) is 0 Å². The second-order valence-corrected chi connectivity index (χ2v) is 6.14. The van der Waals surface area contributed by atoms with Gasteiger partial charge in [-0.3, -0.25) is 9.59 Å². The molecule has 0 fully saturated rings. The van der Waals surface area contributed by atoms with Crippen molar-refractivity contribution in [1.29, 1.82) is 0 Å². The Balaban J connectivity index is 2.14. The maximum atomic E-state index is 13.2. The molecule has 3 N–H and O–H groups in total. The lowest BCUT2D eigenvalue weighted by molar-refractivity contribution is -0.119. The summed E-state index contributed by atoms with van der Waals surface area (Å²) in [4.78, 5) is 23.6. The minimum atomic E-state index is -1.13. The molecule has 0 aromatic heterocycles. The number of carbonyl (C=O) groups is 2. The first-order valence-electron chi connectivity index (χ1n) is 6.66. The quantitative estimate of drug-likeness (QED) is 0.716. The van der Waals surface area contributed by atoms with E-state index in [1.807, 2.05) is 24.3 Å². The molecule has 4 nitrogen and oxygen atoms in total. The van der Waals surface area contributed by atoms with Gasteiger partial charge in [-0.1, -0.05) is 12.1 Å². The van der Waals surface area contributed by atoms with E-state index in [0.717, 1.165) is 27.3 Å². The maximum Gasteiger partial charge on any atom is 0.252 e. The monoisotopic (exact) mass is 430 g/mol. The Hall–Kier alpha value is -2.03. The molecule has 1 atom stereocenters. The highest BCUT2D eigenvalue weighted by molar-refractivity contribution is 14.1. The number of hydrogen-bond donors (Lipinski definition) is 2. The summed E-state index contributed by atoms with van der Waals surface area (Å²) in [7, 11) is 0. The van der Waals surface area contributed by atoms with Crippen molar-refractivity contribution < 1.29 is 18.4 Å². The third-order valence-corrected chi connectivity index (χ3v) is 3.83. The van der Waals surface area contributed by atoms with E-state index in [1.165, 1.54) is 0 Å². The van der Waals surface area contributed by atoms with Crippen molar-refractivity contribution >= 4 is 34.4 Å². The molecular weight excluding hydrogens is 417 g/mol. The molecule has 0 radical (unpaired) electrons. The van der Waals surface area contributed by atoms with Gasteiger partial charge in [0.15, 0.2) is 11.6 Å². The van der Waals surface area contributed by atoms with Gasteiger partial charge in [0.05, 0.1) is 0 Å². The Bertz CT molecular complexity index is 753. The number of nitrogens with one attached hydrogen (secondary N) is 1. The molecule has 0 aliphatic heterocycles. The van der Waals surface area contributed by atoms with Gasteiger partial charge in [0.2, 0.25) is 5.91 Å². The second-order valence-electron chi connectivity index (χ2n) is 4.89. The van der Waals surface area contributed by atoms with Crippen LogP contribution >= 0.6 is 22.6 Å². The summed E-state index contributed by atoms with van der Waals surface area (Å²) >= 11 is 2.13. The van der Waals surface area contributed by atoms with Crippen LogP contribution in [0.3, 0.4) is 0 Å². The van der Waals surface area contributed by atoms with Crippen LogP contribution in [0.1, 0.15) is 15.9 Å². The molecular formula is C16H13F2IN2O2. The van der Waals surface area contributed by atoms with Gasteiger partial charge in [-0.05, 0) is 58.5 Å². The van der Waals surface area contributed by atoms with E-state index < -0.39 is 29.5 Å². The molecule has 0 saturated carbocycles. The summed E-state index contributed by atoms with van der Waals surface area (Å²) in [6, 6.07) is 9.19. The topological polar surface area (TPSA) is 72.2 Å². The molecule has 0 bridgehead atoms. The molecule has 2 aromatic rings. The van der Waals surface area contributed by atoms with E-state index in [1.54, 1.807) is 0 Å². The Morgan fingerprint density at radius 1 is 1.13 bits per heavy atom. The molecule has 23 heavy (non-hydrogen) atoms. The van der Waals surface area contributed by atoms with Crippen molar-refractivity contribution in [2.75, 3.05) is 0 Å². The normalized spacial score (nSPS) is 11.8. The fourth-order valence-electron chi connectivity index (χ4n) is 2.00. The highest BCUT2D eigenvalue weighted by atomic mass is 127. The SMILES string of the molecule is NC(=O)[C@@H](Cc1cccc(I)c1)NC(=O)c1ccc(F)c(F)c1. The third-order valence-electron chi connectivity index (χ3n) is 3.16. The maximum absolute atomic E-state index is 13.2. The Labute approximate surface area is 145 Å². The Morgan fingerprint density at radius 3 is 2.48 bits per heavy atom. The third kappa shape index (κ3) is 4.72. The predicted molar refractivity (Wildman–Crippen MR) is 89.7 cm³/mol. The highest BCUT2D eigenvalue weighted by Gasteiger charge is 2.20. The molecule has 0 spiro atoms. The number of amides is 2. The molecule has 7 heteroatoms. The average Bonchev–Trinajstić information content (AvgIpc) is 2.49. The number of primary amides is 1. The van der Waals surface area contributed by atoms with E-state index in [-0.39, 0.29) is 12.0 Å². The summed E-state index contributed by atoms with van der Waals surface area (Å²) < 4.78 is 27.1. The van der Waals surface area contributed by atoms with Crippen molar-refractivity contribution in [2.24, 2.45) is 5.73 Å². The van der Waals surface area contributed by atoms with Gasteiger partial charge in [-0.25, -0.2) is 8.78 Å². The summed E-state index contributed by atoms with van der Waals surface area (Å²) in [5, 5.41) is 2.44. The van der Waals surface area contributed by atoms with Crippen molar-refractivity contribution in [2.45, 2.75) is 12.5 Å². The van der Waals surface area contributed by atoms with E-state index in [0.29, 0.717) is 0 Å². The lowest BCUT2D eigenvalue weighted by atomic mass is 10.0. The number of nitrogens with two attached hydrogens (primary N) is 1. The number of rotatable bonds is 5. The van der Waals surface area contributed by atoms with Crippen molar-refractivity contribution in [3.8, 4) is 0 Å². The molecule has 0 aliphatic rings. The molecule has 0 unspecified atom stereocenters. The van der Waals surface area contributed by atoms with Crippen LogP contribution in [0, 0.1) is 15.2 Å². The van der Waals surface area contributed by atoms with Crippen molar-refractivity contribution in [1.82, 2.24) is 5.32 Å². The fraction of sp³-hybridized carbons (Fsp3) is 0.125. The zero-order valence-electron chi connectivity index (χ0n) is 11.9. The first-order valence-corrected chi connectivity index (χ1v) is 7.74. The van der Waals surface area contributed by atoms with Crippen molar-refractivity contribution in [3.63, 3.8) is 0 Å². The van der Waals surface area contributed by atoms with Crippen LogP contribution in [-0.4, -0.2) is 17.9 Å². The minimum Gasteiger partial charge on any atom is -0.368 e. The first-order chi connectivity index (χ1) is 10.9. The van der Waals surface area contributed by atoms with E-state index >= 15 is 0 Å². The smallest absolute Gasteiger partial charge is 0.252 e. The van der Waals surface area contributed by atoms with Crippen LogP contribution in [0.4, 0.5) is 8.78 Å². The van der Waals surface area contributed by atoms with Gasteiger partial charge in [0.25, 0.3) is 5.91 Å². The second kappa shape index (κ2) is 7.49. The number of carbonyl (C=O) groups excluding carboxylic acids is 2. The fourth-order valence-corrected chi connectivity index (χ4v) is 2.61. The predicted octanol–water partition coefficient (Wildman–Crippen LogP) is 2.40. The molecule has 0 saturated heterocycles. The average molecular weight is 430 g/mol. The van der Waals surface area contributed by atoms with Crippen LogP contribution in [0.2, 0.25) is 0 Å². The van der Waals surface area contributed by atoms with Crippen LogP contribution < -0.4 is 11.1 Å².